The van der Waals surface area contributed by atoms with Gasteiger partial charge in [0.2, 0.25) is 0 Å². The van der Waals surface area contributed by atoms with Crippen LogP contribution in [0.5, 0.6) is 0 Å². The molecule has 26 heavy (non-hydrogen) atoms. The Kier molecular flexibility index (Phi) is 3.38. The largest absolute Gasteiger partial charge is 0.465 e. The van der Waals surface area contributed by atoms with Crippen LogP contribution in [0.4, 0.5) is 0 Å². The molecule has 4 aromatic rings. The Hall–Kier alpha value is -3.01. The van der Waals surface area contributed by atoms with E-state index in [4.69, 9.17) is 4.74 Å². The van der Waals surface area contributed by atoms with E-state index >= 15 is 0 Å². The smallest absolute Gasteiger partial charge is 0.340 e. The second-order valence-corrected chi connectivity index (χ2v) is 7.06. The molecule has 0 bridgehead atoms. The minimum Gasteiger partial charge on any atom is -0.465 e. The quantitative estimate of drug-likeness (QED) is 0.513. The molecule has 130 valence electrons. The van der Waals surface area contributed by atoms with Gasteiger partial charge in [-0.05, 0) is 36.5 Å². The van der Waals surface area contributed by atoms with Crippen LogP contribution in [-0.2, 0) is 4.74 Å². The molecular weight excluding hydrogens is 324 g/mol. The molecule has 1 fully saturated rings. The molecule has 4 heteroatoms. The number of para-hydroxylation sites is 2. The zero-order valence-electron chi connectivity index (χ0n) is 14.6. The van der Waals surface area contributed by atoms with Gasteiger partial charge in [-0.25, -0.2) is 4.79 Å². The molecule has 0 saturated heterocycles. The summed E-state index contributed by atoms with van der Waals surface area (Å²) in [6, 6.07) is 16.3. The van der Waals surface area contributed by atoms with Gasteiger partial charge in [-0.3, -0.25) is 0 Å². The predicted octanol–water partition coefficient (Wildman–Crippen LogP) is 4.98. The summed E-state index contributed by atoms with van der Waals surface area (Å²) in [5, 5.41) is 2.15. The monoisotopic (exact) mass is 344 g/mol. The van der Waals surface area contributed by atoms with Gasteiger partial charge >= 0.3 is 5.97 Å². The van der Waals surface area contributed by atoms with E-state index in [2.05, 4.69) is 34.4 Å². The van der Waals surface area contributed by atoms with Crippen LogP contribution < -0.4 is 0 Å². The van der Waals surface area contributed by atoms with E-state index in [-0.39, 0.29) is 11.9 Å². The molecule has 2 N–H and O–H groups in total. The Labute approximate surface area is 151 Å². The first-order valence-corrected chi connectivity index (χ1v) is 9.03. The van der Waals surface area contributed by atoms with Crippen LogP contribution in [0.2, 0.25) is 0 Å². The zero-order chi connectivity index (χ0) is 17.7. The molecule has 4 nitrogen and oxygen atoms in total. The number of hydrogen-bond acceptors (Lipinski definition) is 2. The van der Waals surface area contributed by atoms with Gasteiger partial charge in [0.25, 0.3) is 0 Å². The maximum atomic E-state index is 12.6. The number of esters is 1. The standard InChI is InChI=1S/C22H20N2O2/c1-26-22(25)20-15-7-3-5-9-18(15)24-21(20)19(13-10-11-13)16-12-23-17-8-4-2-6-14(16)17/h2-9,12-13,19,23-24H,10-11H2,1H3. The van der Waals surface area contributed by atoms with Crippen LogP contribution in [0.25, 0.3) is 21.8 Å². The lowest BCUT2D eigenvalue weighted by molar-refractivity contribution is 0.0601. The SMILES string of the molecule is COC(=O)c1c(C(c2c[nH]c3ccccc23)C2CC2)[nH]c2ccccc12. The fourth-order valence-electron chi connectivity index (χ4n) is 4.14. The Bertz CT molecular complexity index is 1120. The maximum Gasteiger partial charge on any atom is 0.340 e. The molecule has 0 aliphatic heterocycles. The van der Waals surface area contributed by atoms with Crippen LogP contribution >= 0.6 is 0 Å². The lowest BCUT2D eigenvalue weighted by atomic mass is 9.88. The maximum absolute atomic E-state index is 12.6. The van der Waals surface area contributed by atoms with Gasteiger partial charge in [-0.1, -0.05) is 36.4 Å². The third-order valence-electron chi connectivity index (χ3n) is 5.49. The van der Waals surface area contributed by atoms with Crippen molar-refractivity contribution >= 4 is 27.8 Å². The zero-order valence-corrected chi connectivity index (χ0v) is 14.6. The van der Waals surface area contributed by atoms with Crippen molar-refractivity contribution in [2.24, 2.45) is 5.92 Å². The van der Waals surface area contributed by atoms with Gasteiger partial charge in [-0.15, -0.1) is 0 Å². The fourth-order valence-corrected chi connectivity index (χ4v) is 4.14. The molecule has 2 aromatic heterocycles. The number of aromatic amines is 2. The summed E-state index contributed by atoms with van der Waals surface area (Å²) in [4.78, 5) is 19.6. The topological polar surface area (TPSA) is 57.9 Å². The number of hydrogen-bond donors (Lipinski definition) is 2. The van der Waals surface area contributed by atoms with Crippen molar-refractivity contribution in [2.75, 3.05) is 7.11 Å². The van der Waals surface area contributed by atoms with E-state index < -0.39 is 0 Å². The van der Waals surface area contributed by atoms with E-state index in [9.17, 15) is 4.79 Å². The number of ether oxygens (including phenoxy) is 1. The number of rotatable bonds is 4. The van der Waals surface area contributed by atoms with Crippen LogP contribution in [0.3, 0.4) is 0 Å². The van der Waals surface area contributed by atoms with E-state index in [0.717, 1.165) is 22.1 Å². The number of methoxy groups -OCH3 is 1. The highest BCUT2D eigenvalue weighted by atomic mass is 16.5. The summed E-state index contributed by atoms with van der Waals surface area (Å²) in [7, 11) is 1.45. The molecule has 1 aliphatic carbocycles. The summed E-state index contributed by atoms with van der Waals surface area (Å²) in [5.74, 6) is 0.432. The lowest BCUT2D eigenvalue weighted by Crippen LogP contribution is -2.11. The third kappa shape index (κ3) is 2.25. The molecular formula is C22H20N2O2. The molecule has 1 atom stereocenters. The molecule has 1 aliphatic rings. The average molecular weight is 344 g/mol. The van der Waals surface area contributed by atoms with Crippen LogP contribution in [0.15, 0.2) is 54.7 Å². The Morgan fingerprint density at radius 2 is 1.73 bits per heavy atom. The summed E-state index contributed by atoms with van der Waals surface area (Å²) in [6.45, 7) is 0. The van der Waals surface area contributed by atoms with Crippen LogP contribution in [0.1, 0.15) is 40.4 Å². The molecule has 1 saturated carbocycles. The Morgan fingerprint density at radius 3 is 2.46 bits per heavy atom. The highest BCUT2D eigenvalue weighted by Gasteiger charge is 2.38. The van der Waals surface area contributed by atoms with Gasteiger partial charge in [0.1, 0.15) is 0 Å². The van der Waals surface area contributed by atoms with E-state index in [1.54, 1.807) is 0 Å². The summed E-state index contributed by atoms with van der Waals surface area (Å²) >= 11 is 0. The molecule has 0 radical (unpaired) electrons. The Morgan fingerprint density at radius 1 is 1.04 bits per heavy atom. The summed E-state index contributed by atoms with van der Waals surface area (Å²) in [6.07, 6.45) is 4.46. The average Bonchev–Trinajstić information content (AvgIpc) is 3.31. The van der Waals surface area contributed by atoms with Crippen molar-refractivity contribution in [1.82, 2.24) is 9.97 Å². The number of aromatic nitrogens is 2. The first-order chi connectivity index (χ1) is 12.8. The first kappa shape index (κ1) is 15.3. The minimum atomic E-state index is -0.275. The van der Waals surface area contributed by atoms with Crippen molar-refractivity contribution in [3.63, 3.8) is 0 Å². The first-order valence-electron chi connectivity index (χ1n) is 9.03. The van der Waals surface area contributed by atoms with Gasteiger partial charge in [0.05, 0.1) is 12.7 Å². The van der Waals surface area contributed by atoms with Gasteiger partial charge < -0.3 is 14.7 Å². The van der Waals surface area contributed by atoms with Gasteiger partial charge in [0, 0.05) is 39.6 Å². The highest BCUT2D eigenvalue weighted by molar-refractivity contribution is 6.06. The molecule has 0 amide bonds. The second-order valence-electron chi connectivity index (χ2n) is 7.06. The number of benzene rings is 2. The lowest BCUT2D eigenvalue weighted by Gasteiger charge is -2.16. The molecule has 0 spiro atoms. The normalized spacial score (nSPS) is 15.4. The van der Waals surface area contributed by atoms with Gasteiger partial charge in [0.15, 0.2) is 0 Å². The Balaban J connectivity index is 1.77. The van der Waals surface area contributed by atoms with E-state index in [1.807, 2.05) is 30.3 Å². The summed E-state index contributed by atoms with van der Waals surface area (Å²) < 4.78 is 5.13. The van der Waals surface area contributed by atoms with Crippen molar-refractivity contribution in [2.45, 2.75) is 18.8 Å². The van der Waals surface area contributed by atoms with E-state index in [0.29, 0.717) is 11.5 Å². The predicted molar refractivity (Wildman–Crippen MR) is 103 cm³/mol. The molecule has 1 unspecified atom stereocenters. The molecule has 2 heterocycles. The fraction of sp³-hybridized carbons (Fsp3) is 0.227. The van der Waals surface area contributed by atoms with Crippen molar-refractivity contribution in [3.05, 3.63) is 71.5 Å². The number of carbonyl (C=O) groups excluding carboxylic acids is 1. The van der Waals surface area contributed by atoms with Crippen molar-refractivity contribution in [1.29, 1.82) is 0 Å². The van der Waals surface area contributed by atoms with Gasteiger partial charge in [-0.2, -0.15) is 0 Å². The summed E-state index contributed by atoms with van der Waals surface area (Å²) in [5.41, 5.74) is 5.01. The number of H-pyrrole nitrogens is 2. The highest BCUT2D eigenvalue weighted by Crippen LogP contribution is 2.49. The van der Waals surface area contributed by atoms with Crippen LogP contribution in [-0.4, -0.2) is 23.0 Å². The second kappa shape index (κ2) is 5.77. The van der Waals surface area contributed by atoms with E-state index in [1.165, 1.54) is 30.9 Å². The molecule has 2 aromatic carbocycles. The minimum absolute atomic E-state index is 0.160. The molecule has 5 rings (SSSR count). The number of carbonyl (C=O) groups is 1. The number of fused-ring (bicyclic) bond motifs is 2. The number of nitrogens with one attached hydrogen (secondary N) is 2. The third-order valence-corrected chi connectivity index (χ3v) is 5.49. The van der Waals surface area contributed by atoms with Crippen LogP contribution in [0, 0.1) is 5.92 Å². The van der Waals surface area contributed by atoms with Crippen molar-refractivity contribution in [3.8, 4) is 0 Å². The van der Waals surface area contributed by atoms with Crippen molar-refractivity contribution < 1.29 is 9.53 Å².